The van der Waals surface area contributed by atoms with E-state index in [2.05, 4.69) is 32.6 Å². The topological polar surface area (TPSA) is 49.6 Å². The number of amides is 1. The van der Waals surface area contributed by atoms with Crippen molar-refractivity contribution in [3.63, 3.8) is 0 Å². The lowest BCUT2D eigenvalue weighted by atomic mass is 9.95. The summed E-state index contributed by atoms with van der Waals surface area (Å²) in [5.41, 5.74) is 5.65. The number of piperazine rings is 1. The maximum atomic E-state index is 12.2. The van der Waals surface area contributed by atoms with Crippen molar-refractivity contribution in [1.29, 1.82) is 0 Å². The molecule has 0 spiro atoms. The molecule has 1 rings (SSSR count). The van der Waals surface area contributed by atoms with E-state index < -0.39 is 0 Å². The van der Waals surface area contributed by atoms with Gasteiger partial charge < -0.3 is 10.6 Å². The normalized spacial score (nSPS) is 25.7. The van der Waals surface area contributed by atoms with Crippen molar-refractivity contribution in [1.82, 2.24) is 9.80 Å². The van der Waals surface area contributed by atoms with Gasteiger partial charge in [0.25, 0.3) is 0 Å². The summed E-state index contributed by atoms with van der Waals surface area (Å²) in [6, 6.07) is -0.133. The van der Waals surface area contributed by atoms with Crippen LogP contribution in [0.1, 0.15) is 34.1 Å². The zero-order valence-corrected chi connectivity index (χ0v) is 11.9. The standard InChI is InChI=1S/C13H27N3O/c1-10(2)6-7-16-9-13(3,4)15(5)12(17)11(16)8-14/h10-11H,6-9,14H2,1-5H3. The molecule has 0 bridgehead atoms. The van der Waals surface area contributed by atoms with Crippen LogP contribution >= 0.6 is 0 Å². The van der Waals surface area contributed by atoms with Gasteiger partial charge in [-0.2, -0.15) is 0 Å². The third kappa shape index (κ3) is 3.19. The van der Waals surface area contributed by atoms with Crippen LogP contribution < -0.4 is 5.73 Å². The number of rotatable bonds is 4. The van der Waals surface area contributed by atoms with Crippen molar-refractivity contribution in [2.75, 3.05) is 26.7 Å². The van der Waals surface area contributed by atoms with Crippen molar-refractivity contribution >= 4 is 5.91 Å². The molecule has 1 heterocycles. The van der Waals surface area contributed by atoms with E-state index in [1.807, 2.05) is 11.9 Å². The molecule has 0 aromatic heterocycles. The average Bonchev–Trinajstić information content (AvgIpc) is 2.23. The van der Waals surface area contributed by atoms with Crippen molar-refractivity contribution in [3.8, 4) is 0 Å². The minimum absolute atomic E-state index is 0.0975. The average molecular weight is 241 g/mol. The third-order valence-electron chi connectivity index (χ3n) is 3.77. The number of hydrogen-bond acceptors (Lipinski definition) is 3. The fraction of sp³-hybridized carbons (Fsp3) is 0.923. The predicted molar refractivity (Wildman–Crippen MR) is 70.7 cm³/mol. The monoisotopic (exact) mass is 241 g/mol. The molecule has 0 radical (unpaired) electrons. The second-order valence-electron chi connectivity index (χ2n) is 6.11. The van der Waals surface area contributed by atoms with Gasteiger partial charge in [0.15, 0.2) is 0 Å². The van der Waals surface area contributed by atoms with Crippen LogP contribution in [0.15, 0.2) is 0 Å². The number of nitrogens with two attached hydrogens (primary N) is 1. The zero-order valence-electron chi connectivity index (χ0n) is 11.9. The smallest absolute Gasteiger partial charge is 0.241 e. The molecule has 0 saturated carbocycles. The maximum absolute atomic E-state index is 12.2. The van der Waals surface area contributed by atoms with Crippen molar-refractivity contribution in [2.24, 2.45) is 11.7 Å². The van der Waals surface area contributed by atoms with E-state index in [0.29, 0.717) is 12.5 Å². The van der Waals surface area contributed by atoms with Crippen LogP contribution in [0, 0.1) is 5.92 Å². The van der Waals surface area contributed by atoms with E-state index in [4.69, 9.17) is 5.73 Å². The van der Waals surface area contributed by atoms with Gasteiger partial charge in [-0.25, -0.2) is 0 Å². The molecule has 4 nitrogen and oxygen atoms in total. The van der Waals surface area contributed by atoms with E-state index in [0.717, 1.165) is 19.5 Å². The summed E-state index contributed by atoms with van der Waals surface area (Å²) in [4.78, 5) is 16.3. The van der Waals surface area contributed by atoms with Gasteiger partial charge in [0.05, 0.1) is 0 Å². The van der Waals surface area contributed by atoms with Crippen LogP contribution in [0.4, 0.5) is 0 Å². The van der Waals surface area contributed by atoms with Gasteiger partial charge in [0.1, 0.15) is 6.04 Å². The second-order valence-corrected chi connectivity index (χ2v) is 6.11. The first-order valence-electron chi connectivity index (χ1n) is 6.51. The molecule has 1 fully saturated rings. The van der Waals surface area contributed by atoms with Gasteiger partial charge in [-0.3, -0.25) is 9.69 Å². The summed E-state index contributed by atoms with van der Waals surface area (Å²) >= 11 is 0. The fourth-order valence-corrected chi connectivity index (χ4v) is 2.30. The third-order valence-corrected chi connectivity index (χ3v) is 3.77. The number of hydrogen-bond donors (Lipinski definition) is 1. The van der Waals surface area contributed by atoms with Crippen LogP contribution in [0.25, 0.3) is 0 Å². The summed E-state index contributed by atoms with van der Waals surface area (Å²) in [5, 5.41) is 0. The molecule has 0 aliphatic carbocycles. The molecule has 1 saturated heterocycles. The van der Waals surface area contributed by atoms with E-state index in [1.54, 1.807) is 0 Å². The molecule has 2 N–H and O–H groups in total. The van der Waals surface area contributed by atoms with E-state index in [-0.39, 0.29) is 17.5 Å². The highest BCUT2D eigenvalue weighted by atomic mass is 16.2. The molecule has 4 heteroatoms. The van der Waals surface area contributed by atoms with E-state index in [9.17, 15) is 4.79 Å². The number of nitrogens with zero attached hydrogens (tertiary/aromatic N) is 2. The Morgan fingerprint density at radius 1 is 1.47 bits per heavy atom. The number of carbonyl (C=O) groups excluding carboxylic acids is 1. The number of carbonyl (C=O) groups is 1. The lowest BCUT2D eigenvalue weighted by Gasteiger charge is -2.49. The van der Waals surface area contributed by atoms with Crippen molar-refractivity contribution < 1.29 is 4.79 Å². The fourth-order valence-electron chi connectivity index (χ4n) is 2.30. The summed E-state index contributed by atoms with van der Waals surface area (Å²) < 4.78 is 0. The van der Waals surface area contributed by atoms with Gasteiger partial charge in [0.2, 0.25) is 5.91 Å². The minimum atomic E-state index is -0.133. The van der Waals surface area contributed by atoms with Gasteiger partial charge >= 0.3 is 0 Å². The molecule has 1 unspecified atom stereocenters. The lowest BCUT2D eigenvalue weighted by Crippen LogP contribution is -2.66. The molecular weight excluding hydrogens is 214 g/mol. The Morgan fingerprint density at radius 2 is 2.06 bits per heavy atom. The van der Waals surface area contributed by atoms with E-state index >= 15 is 0 Å². The van der Waals surface area contributed by atoms with Crippen LogP contribution in [0.3, 0.4) is 0 Å². The van der Waals surface area contributed by atoms with Gasteiger partial charge in [-0.15, -0.1) is 0 Å². The molecule has 17 heavy (non-hydrogen) atoms. The van der Waals surface area contributed by atoms with Crippen LogP contribution in [-0.2, 0) is 4.79 Å². The molecule has 1 aliphatic rings. The highest BCUT2D eigenvalue weighted by molar-refractivity contribution is 5.83. The molecule has 1 amide bonds. The predicted octanol–water partition coefficient (Wildman–Crippen LogP) is 0.912. The first kappa shape index (κ1) is 14.5. The Morgan fingerprint density at radius 3 is 2.53 bits per heavy atom. The molecule has 0 aromatic carbocycles. The maximum Gasteiger partial charge on any atom is 0.241 e. The zero-order chi connectivity index (χ0) is 13.2. The van der Waals surface area contributed by atoms with Gasteiger partial charge in [-0.05, 0) is 32.7 Å². The van der Waals surface area contributed by atoms with Crippen molar-refractivity contribution in [2.45, 2.75) is 45.7 Å². The lowest BCUT2D eigenvalue weighted by molar-refractivity contribution is -0.148. The molecule has 1 atom stereocenters. The van der Waals surface area contributed by atoms with E-state index in [1.165, 1.54) is 0 Å². The molecule has 0 aromatic rings. The second kappa shape index (κ2) is 5.36. The summed E-state index contributed by atoms with van der Waals surface area (Å²) in [7, 11) is 1.88. The minimum Gasteiger partial charge on any atom is -0.338 e. The quantitative estimate of drug-likeness (QED) is 0.796. The van der Waals surface area contributed by atoms with Crippen LogP contribution in [0.2, 0.25) is 0 Å². The Labute approximate surface area is 105 Å². The highest BCUT2D eigenvalue weighted by Gasteiger charge is 2.41. The van der Waals surface area contributed by atoms with Gasteiger partial charge in [-0.1, -0.05) is 13.8 Å². The largest absolute Gasteiger partial charge is 0.338 e. The summed E-state index contributed by atoms with van der Waals surface area (Å²) in [6.07, 6.45) is 1.11. The van der Waals surface area contributed by atoms with Gasteiger partial charge in [0, 0.05) is 25.7 Å². The highest BCUT2D eigenvalue weighted by Crippen LogP contribution is 2.24. The Kier molecular flexibility index (Phi) is 4.55. The summed E-state index contributed by atoms with van der Waals surface area (Å²) in [5.74, 6) is 0.818. The Bertz CT molecular complexity index is 276. The molecule has 100 valence electrons. The molecular formula is C13H27N3O. The Hall–Kier alpha value is -0.610. The first-order valence-corrected chi connectivity index (χ1v) is 6.51. The first-order chi connectivity index (χ1) is 7.79. The Balaban J connectivity index is 2.76. The molecule has 1 aliphatic heterocycles. The number of likely N-dealkylation sites (N-methyl/N-ethyl adjacent to an activating group) is 1. The summed E-state index contributed by atoms with van der Waals surface area (Å²) in [6.45, 7) is 10.9. The van der Waals surface area contributed by atoms with Crippen LogP contribution in [-0.4, -0.2) is 54.0 Å². The van der Waals surface area contributed by atoms with Crippen LogP contribution in [0.5, 0.6) is 0 Å². The van der Waals surface area contributed by atoms with Crippen molar-refractivity contribution in [3.05, 3.63) is 0 Å². The SMILES string of the molecule is CC(C)CCN1CC(C)(C)N(C)C(=O)C1CN.